The molecule has 1 unspecified atom stereocenters. The fourth-order valence-electron chi connectivity index (χ4n) is 2.96. The van der Waals surface area contributed by atoms with Gasteiger partial charge in [0.1, 0.15) is 0 Å². The number of nitrogens with one attached hydrogen (secondary N) is 3. The van der Waals surface area contributed by atoms with Crippen molar-refractivity contribution >= 4 is 47.4 Å². The van der Waals surface area contributed by atoms with Gasteiger partial charge in [-0.05, 0) is 57.0 Å². The molecular weight excluding hydrogens is 503 g/mol. The quantitative estimate of drug-likeness (QED) is 0.222. The summed E-state index contributed by atoms with van der Waals surface area (Å²) in [5.74, 6) is 0.574. The number of hydrogen-bond acceptors (Lipinski definition) is 3. The molecule has 1 aromatic carbocycles. The third-order valence-electron chi connectivity index (χ3n) is 4.59. The number of carbonyl (C=O) groups is 1. The van der Waals surface area contributed by atoms with Gasteiger partial charge in [0.05, 0.1) is 5.69 Å². The highest BCUT2D eigenvalue weighted by Gasteiger charge is 2.14. The molecule has 9 heteroatoms. The Labute approximate surface area is 194 Å². The number of amides is 1. The number of nitrogens with zero attached hydrogens (tertiary/aromatic N) is 3. The Bertz CT molecular complexity index is 834. The summed E-state index contributed by atoms with van der Waals surface area (Å²) >= 11 is 5.84. The molecule has 7 nitrogen and oxygen atoms in total. The van der Waals surface area contributed by atoms with Crippen LogP contribution in [0.15, 0.2) is 29.3 Å². The monoisotopic (exact) mass is 532 g/mol. The van der Waals surface area contributed by atoms with Crippen LogP contribution in [-0.2, 0) is 13.5 Å². The van der Waals surface area contributed by atoms with Crippen molar-refractivity contribution in [3.63, 3.8) is 0 Å². The minimum atomic E-state index is -0.127. The number of aliphatic imine (C=N–C) groups is 1. The average Bonchev–Trinajstić information content (AvgIpc) is 2.90. The highest BCUT2D eigenvalue weighted by molar-refractivity contribution is 14.0. The zero-order chi connectivity index (χ0) is 20.7. The van der Waals surface area contributed by atoms with E-state index >= 15 is 0 Å². The Hall–Kier alpha value is -1.81. The standard InChI is InChI=1S/C20H29ClN6O.HI/c1-13(12-18-14(2)26-27(5)15(18)3)25-20(22-4)24-11-10-23-19(28)16-6-8-17(21)9-7-16;/h6-9,13H,10-12H2,1-5H3,(H,23,28)(H2,22,24,25);1H. The first kappa shape index (κ1) is 25.2. The lowest BCUT2D eigenvalue weighted by atomic mass is 10.1. The molecule has 0 bridgehead atoms. The molecule has 2 rings (SSSR count). The lowest BCUT2D eigenvalue weighted by Gasteiger charge is -2.18. The molecule has 2 aromatic rings. The molecule has 0 saturated heterocycles. The van der Waals surface area contributed by atoms with Crippen LogP contribution in [0.25, 0.3) is 0 Å². The first-order chi connectivity index (χ1) is 13.3. The summed E-state index contributed by atoms with van der Waals surface area (Å²) in [5.41, 5.74) is 4.08. The van der Waals surface area contributed by atoms with Crippen molar-refractivity contribution in [1.29, 1.82) is 0 Å². The molecule has 3 N–H and O–H groups in total. The van der Waals surface area contributed by atoms with E-state index in [1.54, 1.807) is 31.3 Å². The molecule has 29 heavy (non-hydrogen) atoms. The molecule has 1 heterocycles. The van der Waals surface area contributed by atoms with Crippen LogP contribution in [-0.4, -0.2) is 47.8 Å². The van der Waals surface area contributed by atoms with Gasteiger partial charge in [-0.15, -0.1) is 24.0 Å². The van der Waals surface area contributed by atoms with Crippen LogP contribution in [0, 0.1) is 13.8 Å². The molecule has 1 aromatic heterocycles. The predicted molar refractivity (Wildman–Crippen MR) is 130 cm³/mol. The van der Waals surface area contributed by atoms with Crippen LogP contribution in [0.1, 0.15) is 34.2 Å². The highest BCUT2D eigenvalue weighted by Crippen LogP contribution is 2.14. The molecule has 0 saturated carbocycles. The van der Waals surface area contributed by atoms with Crippen molar-refractivity contribution in [2.75, 3.05) is 20.1 Å². The van der Waals surface area contributed by atoms with Crippen molar-refractivity contribution in [1.82, 2.24) is 25.7 Å². The van der Waals surface area contributed by atoms with Gasteiger partial charge in [0, 0.05) is 49.5 Å². The Balaban J connectivity index is 0.00000420. The fourth-order valence-corrected chi connectivity index (χ4v) is 3.08. The zero-order valence-electron chi connectivity index (χ0n) is 17.5. The van der Waals surface area contributed by atoms with Gasteiger partial charge in [0.15, 0.2) is 5.96 Å². The van der Waals surface area contributed by atoms with Crippen molar-refractivity contribution in [3.05, 3.63) is 51.8 Å². The SMILES string of the molecule is CN=C(NCCNC(=O)c1ccc(Cl)cc1)NC(C)Cc1c(C)nn(C)c1C.I. The van der Waals surface area contributed by atoms with Crippen molar-refractivity contribution in [3.8, 4) is 0 Å². The lowest BCUT2D eigenvalue weighted by Crippen LogP contribution is -2.45. The molecule has 0 aliphatic heterocycles. The van der Waals surface area contributed by atoms with E-state index in [4.69, 9.17) is 11.6 Å². The first-order valence-corrected chi connectivity index (χ1v) is 9.69. The highest BCUT2D eigenvalue weighted by atomic mass is 127. The van der Waals surface area contributed by atoms with E-state index in [0.717, 1.165) is 12.1 Å². The molecular formula is C20H30ClIN6O. The van der Waals surface area contributed by atoms with E-state index in [0.29, 0.717) is 29.6 Å². The summed E-state index contributed by atoms with van der Waals surface area (Å²) in [5, 5.41) is 14.5. The van der Waals surface area contributed by atoms with Gasteiger partial charge in [-0.1, -0.05) is 11.6 Å². The van der Waals surface area contributed by atoms with E-state index < -0.39 is 0 Å². The third kappa shape index (κ3) is 7.50. The number of halogens is 2. The predicted octanol–water partition coefficient (Wildman–Crippen LogP) is 2.83. The Morgan fingerprint density at radius 1 is 1.21 bits per heavy atom. The van der Waals surface area contributed by atoms with Crippen LogP contribution in [0.2, 0.25) is 5.02 Å². The fraction of sp³-hybridized carbons (Fsp3) is 0.450. The number of aryl methyl sites for hydroxylation is 2. The topological polar surface area (TPSA) is 83.3 Å². The van der Waals surface area contributed by atoms with Crippen LogP contribution in [0.4, 0.5) is 0 Å². The second-order valence-corrected chi connectivity index (χ2v) is 7.22. The maximum Gasteiger partial charge on any atom is 0.251 e. The van der Waals surface area contributed by atoms with E-state index in [2.05, 4.69) is 39.9 Å². The van der Waals surface area contributed by atoms with Crippen molar-refractivity contribution in [2.45, 2.75) is 33.2 Å². The van der Waals surface area contributed by atoms with Crippen LogP contribution >= 0.6 is 35.6 Å². The largest absolute Gasteiger partial charge is 0.355 e. The zero-order valence-corrected chi connectivity index (χ0v) is 20.6. The van der Waals surface area contributed by atoms with Crippen LogP contribution in [0.3, 0.4) is 0 Å². The molecule has 0 aliphatic carbocycles. The molecule has 0 spiro atoms. The first-order valence-electron chi connectivity index (χ1n) is 9.31. The third-order valence-corrected chi connectivity index (χ3v) is 4.84. The van der Waals surface area contributed by atoms with Gasteiger partial charge in [-0.2, -0.15) is 5.10 Å². The number of benzene rings is 1. The van der Waals surface area contributed by atoms with Gasteiger partial charge >= 0.3 is 0 Å². The maximum atomic E-state index is 12.1. The lowest BCUT2D eigenvalue weighted by molar-refractivity contribution is 0.0954. The summed E-state index contributed by atoms with van der Waals surface area (Å²) in [6.45, 7) is 7.28. The molecule has 0 fully saturated rings. The molecule has 0 aliphatic rings. The van der Waals surface area contributed by atoms with Crippen LogP contribution < -0.4 is 16.0 Å². The van der Waals surface area contributed by atoms with Crippen molar-refractivity contribution < 1.29 is 4.79 Å². The normalized spacial score (nSPS) is 12.1. The van der Waals surface area contributed by atoms with E-state index in [1.807, 2.05) is 18.7 Å². The molecule has 0 radical (unpaired) electrons. The molecule has 1 amide bonds. The number of hydrogen-bond donors (Lipinski definition) is 3. The summed E-state index contributed by atoms with van der Waals surface area (Å²) in [6.07, 6.45) is 0.861. The smallest absolute Gasteiger partial charge is 0.251 e. The van der Waals surface area contributed by atoms with Gasteiger partial charge in [0.25, 0.3) is 5.91 Å². The Kier molecular flexibility index (Phi) is 10.5. The van der Waals surface area contributed by atoms with E-state index in [-0.39, 0.29) is 35.9 Å². The molecule has 1 atom stereocenters. The summed E-state index contributed by atoms with van der Waals surface area (Å²) in [7, 11) is 3.69. The second kappa shape index (κ2) is 12.0. The average molecular weight is 533 g/mol. The summed E-state index contributed by atoms with van der Waals surface area (Å²) in [4.78, 5) is 16.3. The number of rotatable bonds is 7. The van der Waals surface area contributed by atoms with Crippen molar-refractivity contribution in [2.24, 2.45) is 12.0 Å². The van der Waals surface area contributed by atoms with E-state index in [1.165, 1.54) is 11.3 Å². The molecule has 160 valence electrons. The van der Waals surface area contributed by atoms with Gasteiger partial charge < -0.3 is 16.0 Å². The summed E-state index contributed by atoms with van der Waals surface area (Å²) in [6, 6.07) is 7.00. The van der Waals surface area contributed by atoms with Gasteiger partial charge in [-0.25, -0.2) is 0 Å². The van der Waals surface area contributed by atoms with Gasteiger partial charge in [0.2, 0.25) is 0 Å². The minimum Gasteiger partial charge on any atom is -0.355 e. The minimum absolute atomic E-state index is 0. The Morgan fingerprint density at radius 3 is 2.38 bits per heavy atom. The maximum absolute atomic E-state index is 12.1. The Morgan fingerprint density at radius 2 is 1.83 bits per heavy atom. The second-order valence-electron chi connectivity index (χ2n) is 6.78. The van der Waals surface area contributed by atoms with Crippen LogP contribution in [0.5, 0.6) is 0 Å². The van der Waals surface area contributed by atoms with Gasteiger partial charge in [-0.3, -0.25) is 14.5 Å². The number of carbonyl (C=O) groups excluding carboxylic acids is 1. The van der Waals surface area contributed by atoms with E-state index in [9.17, 15) is 4.79 Å². The number of guanidine groups is 1. The number of aromatic nitrogens is 2. The summed E-state index contributed by atoms with van der Waals surface area (Å²) < 4.78 is 1.91.